The van der Waals surface area contributed by atoms with Gasteiger partial charge in [-0.05, 0) is 42.2 Å². The van der Waals surface area contributed by atoms with Crippen LogP contribution in [0.2, 0.25) is 0 Å². The first-order valence-corrected chi connectivity index (χ1v) is 8.19. The van der Waals surface area contributed by atoms with Crippen molar-refractivity contribution in [1.82, 2.24) is 14.8 Å². The summed E-state index contributed by atoms with van der Waals surface area (Å²) in [7, 11) is 0. The molecule has 0 amide bonds. The van der Waals surface area contributed by atoms with Gasteiger partial charge in [0.05, 0.1) is 0 Å². The number of rotatable bonds is 3. The highest BCUT2D eigenvalue weighted by molar-refractivity contribution is 5.26. The number of fused-ring (bicyclic) bond motifs is 2. The van der Waals surface area contributed by atoms with Crippen molar-refractivity contribution in [2.45, 2.75) is 39.7 Å². The molecule has 2 aromatic heterocycles. The lowest BCUT2D eigenvalue weighted by Gasteiger charge is -2.61. The first-order chi connectivity index (χ1) is 10.6. The van der Waals surface area contributed by atoms with Gasteiger partial charge < -0.3 is 4.74 Å². The molecule has 3 aliphatic rings. The number of aromatic nitrogens is 3. The third-order valence-electron chi connectivity index (χ3n) is 5.86. The van der Waals surface area contributed by atoms with Crippen LogP contribution in [0.3, 0.4) is 0 Å². The molecule has 0 aromatic carbocycles. The van der Waals surface area contributed by atoms with Gasteiger partial charge in [-0.1, -0.05) is 26.8 Å². The summed E-state index contributed by atoms with van der Waals surface area (Å²) in [6.07, 6.45) is 6.51. The summed E-state index contributed by atoms with van der Waals surface area (Å²) < 4.78 is 8.10. The van der Waals surface area contributed by atoms with E-state index < -0.39 is 0 Å². The van der Waals surface area contributed by atoms with E-state index in [9.17, 15) is 0 Å². The molecule has 3 saturated carbocycles. The van der Waals surface area contributed by atoms with Crippen LogP contribution < -0.4 is 4.74 Å². The number of hydrogen-bond acceptors (Lipinski definition) is 3. The second-order valence-electron chi connectivity index (χ2n) is 7.44. The highest BCUT2D eigenvalue weighted by Crippen LogP contribution is 2.61. The summed E-state index contributed by atoms with van der Waals surface area (Å²) >= 11 is 0. The Labute approximate surface area is 131 Å². The molecule has 0 N–H and O–H groups in total. The molecule has 4 atom stereocenters. The van der Waals surface area contributed by atoms with E-state index in [1.807, 2.05) is 30.5 Å². The number of pyridine rings is 1. The first-order valence-electron chi connectivity index (χ1n) is 8.19. The van der Waals surface area contributed by atoms with Gasteiger partial charge in [-0.15, -0.1) is 0 Å². The highest BCUT2D eigenvalue weighted by atomic mass is 16.5. The summed E-state index contributed by atoms with van der Waals surface area (Å²) in [6, 6.07) is 7.79. The van der Waals surface area contributed by atoms with E-state index in [-0.39, 0.29) is 6.10 Å². The van der Waals surface area contributed by atoms with Gasteiger partial charge in [-0.2, -0.15) is 10.1 Å². The Kier molecular flexibility index (Phi) is 3.03. The number of nitrogens with zero attached hydrogens (tertiary/aromatic N) is 3. The molecular formula is C18H23N3O. The minimum absolute atomic E-state index is 0.278. The largest absolute Gasteiger partial charge is 0.474 e. The zero-order chi connectivity index (χ0) is 15.3. The Morgan fingerprint density at radius 3 is 2.82 bits per heavy atom. The van der Waals surface area contributed by atoms with Crippen LogP contribution in [0.15, 0.2) is 36.7 Å². The zero-order valence-corrected chi connectivity index (χ0v) is 13.4. The fraction of sp³-hybridized carbons (Fsp3) is 0.556. The van der Waals surface area contributed by atoms with Crippen molar-refractivity contribution in [1.29, 1.82) is 0 Å². The topological polar surface area (TPSA) is 39.9 Å². The third kappa shape index (κ3) is 2.04. The summed E-state index contributed by atoms with van der Waals surface area (Å²) in [5, 5.41) is 4.23. The van der Waals surface area contributed by atoms with E-state index in [0.29, 0.717) is 23.1 Å². The average molecular weight is 297 g/mol. The quantitative estimate of drug-likeness (QED) is 0.867. The smallest absolute Gasteiger partial charge is 0.215 e. The molecular weight excluding hydrogens is 274 g/mol. The van der Waals surface area contributed by atoms with Crippen LogP contribution in [0.25, 0.3) is 5.82 Å². The molecule has 22 heavy (non-hydrogen) atoms. The van der Waals surface area contributed by atoms with Crippen molar-refractivity contribution >= 4 is 0 Å². The Morgan fingerprint density at radius 2 is 2.09 bits per heavy atom. The Morgan fingerprint density at radius 1 is 1.23 bits per heavy atom. The molecule has 0 spiro atoms. The second-order valence-corrected chi connectivity index (χ2v) is 7.44. The van der Waals surface area contributed by atoms with E-state index in [0.717, 1.165) is 11.7 Å². The lowest BCUT2D eigenvalue weighted by Crippen LogP contribution is -2.59. The van der Waals surface area contributed by atoms with Gasteiger partial charge >= 0.3 is 0 Å². The van der Waals surface area contributed by atoms with Gasteiger partial charge in [-0.3, -0.25) is 0 Å². The number of ether oxygens (including phenoxy) is 1. The monoisotopic (exact) mass is 297 g/mol. The molecule has 4 heteroatoms. The van der Waals surface area contributed by atoms with E-state index >= 15 is 0 Å². The standard InChI is InChI=1S/C18H23N3O/c1-12-10-13-11-14(18(13,2)3)17(12)22-16-7-4-6-15(20-16)21-9-5-8-19-21/h4-9,12-14,17H,10-11H2,1-3H3/t12-,13+,14+,17+/m0/s1. The van der Waals surface area contributed by atoms with Gasteiger partial charge in [0.2, 0.25) is 5.88 Å². The minimum atomic E-state index is 0.278. The van der Waals surface area contributed by atoms with Crippen molar-refractivity contribution in [3.05, 3.63) is 36.7 Å². The van der Waals surface area contributed by atoms with Gasteiger partial charge in [0, 0.05) is 24.4 Å². The molecule has 2 heterocycles. The van der Waals surface area contributed by atoms with E-state index in [4.69, 9.17) is 4.74 Å². The molecule has 0 radical (unpaired) electrons. The van der Waals surface area contributed by atoms with E-state index in [1.165, 1.54) is 12.8 Å². The predicted molar refractivity (Wildman–Crippen MR) is 84.9 cm³/mol. The zero-order valence-electron chi connectivity index (χ0n) is 13.4. The average Bonchev–Trinajstić information content (AvgIpc) is 3.03. The van der Waals surface area contributed by atoms with Crippen LogP contribution in [0, 0.1) is 23.2 Å². The molecule has 2 bridgehead atoms. The molecule has 5 rings (SSSR count). The van der Waals surface area contributed by atoms with E-state index in [2.05, 4.69) is 30.9 Å². The van der Waals surface area contributed by atoms with Crippen molar-refractivity contribution < 1.29 is 4.74 Å². The molecule has 0 unspecified atom stereocenters. The fourth-order valence-corrected chi connectivity index (χ4v) is 4.33. The van der Waals surface area contributed by atoms with Crippen molar-refractivity contribution in [2.24, 2.45) is 23.2 Å². The molecule has 3 aliphatic carbocycles. The van der Waals surface area contributed by atoms with Crippen LogP contribution in [0.5, 0.6) is 5.88 Å². The maximum atomic E-state index is 6.34. The normalized spacial score (nSPS) is 32.3. The Bertz CT molecular complexity index is 665. The lowest BCUT2D eigenvalue weighted by molar-refractivity contribution is -0.156. The predicted octanol–water partition coefficient (Wildman–Crippen LogP) is 3.72. The van der Waals surface area contributed by atoms with Crippen molar-refractivity contribution in [3.63, 3.8) is 0 Å². The second kappa shape index (κ2) is 4.83. The molecule has 116 valence electrons. The summed E-state index contributed by atoms with van der Waals surface area (Å²) in [4.78, 5) is 4.62. The SMILES string of the molecule is C[C@H]1C[C@@H]2C[C@H]([C@@H]1Oc1cccc(-n3cccn3)n1)C2(C)C. The molecule has 4 nitrogen and oxygen atoms in total. The van der Waals surface area contributed by atoms with Crippen LogP contribution in [0.1, 0.15) is 33.6 Å². The summed E-state index contributed by atoms with van der Waals surface area (Å²) in [5.74, 6) is 3.64. The maximum Gasteiger partial charge on any atom is 0.215 e. The third-order valence-corrected chi connectivity index (χ3v) is 5.86. The van der Waals surface area contributed by atoms with Gasteiger partial charge in [-0.25, -0.2) is 4.68 Å². The fourth-order valence-electron chi connectivity index (χ4n) is 4.33. The van der Waals surface area contributed by atoms with Gasteiger partial charge in [0.1, 0.15) is 6.10 Å². The molecule has 3 fully saturated rings. The van der Waals surface area contributed by atoms with E-state index in [1.54, 1.807) is 10.9 Å². The van der Waals surface area contributed by atoms with Gasteiger partial charge in [0.15, 0.2) is 5.82 Å². The molecule has 0 aliphatic heterocycles. The molecule has 2 aromatic rings. The maximum absolute atomic E-state index is 6.34. The Hall–Kier alpha value is -1.84. The van der Waals surface area contributed by atoms with Crippen LogP contribution in [-0.2, 0) is 0 Å². The summed E-state index contributed by atoms with van der Waals surface area (Å²) in [5.41, 5.74) is 0.413. The minimum Gasteiger partial charge on any atom is -0.474 e. The van der Waals surface area contributed by atoms with Crippen molar-refractivity contribution in [2.75, 3.05) is 0 Å². The summed E-state index contributed by atoms with van der Waals surface area (Å²) in [6.45, 7) is 7.10. The van der Waals surface area contributed by atoms with Crippen LogP contribution in [-0.4, -0.2) is 20.9 Å². The Balaban J connectivity index is 1.57. The van der Waals surface area contributed by atoms with Crippen LogP contribution in [0.4, 0.5) is 0 Å². The highest BCUT2D eigenvalue weighted by Gasteiger charge is 2.57. The first kappa shape index (κ1) is 13.8. The van der Waals surface area contributed by atoms with Crippen LogP contribution >= 0.6 is 0 Å². The molecule has 0 saturated heterocycles. The van der Waals surface area contributed by atoms with Crippen molar-refractivity contribution in [3.8, 4) is 11.7 Å². The number of hydrogen-bond donors (Lipinski definition) is 0. The van der Waals surface area contributed by atoms with Gasteiger partial charge in [0.25, 0.3) is 0 Å². The lowest BCUT2D eigenvalue weighted by atomic mass is 9.46.